The Morgan fingerprint density at radius 1 is 1.37 bits per heavy atom. The standard InChI is InChI=1S/C14H21N3O2/c1-3-5-9(11(15)6-4-2)13(16)10-7-8-12(18)17-14(10)19/h5-6,10,16H,3-4,7-8,15H2,1-2H3,(H,17,18,19)/b9-5+,11-6+,16-13?. The second-order valence-electron chi connectivity index (χ2n) is 4.51. The quantitative estimate of drug-likeness (QED) is 0.400. The molecule has 5 heteroatoms. The van der Waals surface area contributed by atoms with Crippen LogP contribution in [-0.4, -0.2) is 17.5 Å². The molecule has 0 aromatic rings. The zero-order valence-corrected chi connectivity index (χ0v) is 11.5. The first-order chi connectivity index (χ1) is 9.01. The summed E-state index contributed by atoms with van der Waals surface area (Å²) >= 11 is 0. The molecular weight excluding hydrogens is 242 g/mol. The smallest absolute Gasteiger partial charge is 0.235 e. The van der Waals surface area contributed by atoms with Gasteiger partial charge in [-0.2, -0.15) is 0 Å². The maximum Gasteiger partial charge on any atom is 0.235 e. The normalized spacial score (nSPS) is 21.3. The summed E-state index contributed by atoms with van der Waals surface area (Å²) in [5.41, 5.74) is 7.29. The van der Waals surface area contributed by atoms with E-state index >= 15 is 0 Å². The molecule has 0 radical (unpaired) electrons. The van der Waals surface area contributed by atoms with E-state index in [0.717, 1.165) is 12.8 Å². The van der Waals surface area contributed by atoms with Gasteiger partial charge in [0.15, 0.2) is 0 Å². The Labute approximate surface area is 113 Å². The van der Waals surface area contributed by atoms with Gasteiger partial charge in [0.2, 0.25) is 11.8 Å². The van der Waals surface area contributed by atoms with Crippen molar-refractivity contribution in [3.63, 3.8) is 0 Å². The van der Waals surface area contributed by atoms with Crippen molar-refractivity contribution in [2.45, 2.75) is 39.5 Å². The Morgan fingerprint density at radius 3 is 2.53 bits per heavy atom. The highest BCUT2D eigenvalue weighted by Gasteiger charge is 2.31. The van der Waals surface area contributed by atoms with Gasteiger partial charge >= 0.3 is 0 Å². The predicted octanol–water partition coefficient (Wildman–Crippen LogP) is 1.65. The van der Waals surface area contributed by atoms with Crippen LogP contribution in [0.2, 0.25) is 0 Å². The number of hydrogen-bond donors (Lipinski definition) is 3. The summed E-state index contributed by atoms with van der Waals surface area (Å²) < 4.78 is 0. The zero-order chi connectivity index (χ0) is 14.4. The van der Waals surface area contributed by atoms with Crippen molar-refractivity contribution in [2.24, 2.45) is 11.7 Å². The molecule has 19 heavy (non-hydrogen) atoms. The van der Waals surface area contributed by atoms with Gasteiger partial charge in [-0.05, 0) is 19.3 Å². The van der Waals surface area contributed by atoms with Crippen molar-refractivity contribution >= 4 is 17.5 Å². The topological polar surface area (TPSA) is 96.0 Å². The van der Waals surface area contributed by atoms with Gasteiger partial charge in [-0.25, -0.2) is 0 Å². The van der Waals surface area contributed by atoms with Gasteiger partial charge < -0.3 is 11.1 Å². The van der Waals surface area contributed by atoms with Crippen molar-refractivity contribution in [2.75, 3.05) is 0 Å². The minimum atomic E-state index is -0.584. The highest BCUT2D eigenvalue weighted by Crippen LogP contribution is 2.21. The number of nitrogens with two attached hydrogens (primary N) is 1. The summed E-state index contributed by atoms with van der Waals surface area (Å²) in [5, 5.41) is 10.5. The molecule has 1 rings (SSSR count). The average Bonchev–Trinajstić information content (AvgIpc) is 2.35. The van der Waals surface area contributed by atoms with Crippen LogP contribution in [0, 0.1) is 11.3 Å². The fourth-order valence-electron chi connectivity index (χ4n) is 2.07. The molecule has 1 atom stereocenters. The Kier molecular flexibility index (Phi) is 5.48. The van der Waals surface area contributed by atoms with E-state index in [9.17, 15) is 9.59 Å². The first-order valence-electron chi connectivity index (χ1n) is 6.59. The summed E-state index contributed by atoms with van der Waals surface area (Å²) in [6, 6.07) is 0. The molecule has 0 spiro atoms. The summed E-state index contributed by atoms with van der Waals surface area (Å²) in [6.45, 7) is 3.92. The summed E-state index contributed by atoms with van der Waals surface area (Å²) in [5.74, 6) is -1.25. The fraction of sp³-hybridized carbons (Fsp3) is 0.500. The summed E-state index contributed by atoms with van der Waals surface area (Å²) in [4.78, 5) is 22.9. The number of amides is 2. The molecule has 2 amide bonds. The van der Waals surface area contributed by atoms with Crippen LogP contribution in [0.15, 0.2) is 23.4 Å². The summed E-state index contributed by atoms with van der Waals surface area (Å²) in [6.07, 6.45) is 5.85. The number of piperidine rings is 1. The minimum absolute atomic E-state index is 0.203. The van der Waals surface area contributed by atoms with Gasteiger partial charge in [0.25, 0.3) is 0 Å². The molecule has 0 saturated carbocycles. The number of hydrogen-bond acceptors (Lipinski definition) is 4. The molecule has 1 aliphatic rings. The third-order valence-electron chi connectivity index (χ3n) is 3.02. The predicted molar refractivity (Wildman–Crippen MR) is 74.5 cm³/mol. The van der Waals surface area contributed by atoms with E-state index in [0.29, 0.717) is 17.7 Å². The molecule has 0 aliphatic carbocycles. The second kappa shape index (κ2) is 6.87. The number of rotatable bonds is 5. The Hall–Kier alpha value is -1.91. The van der Waals surface area contributed by atoms with Crippen LogP contribution in [0.4, 0.5) is 0 Å². The molecule has 0 bridgehead atoms. The Morgan fingerprint density at radius 2 is 2.00 bits per heavy atom. The highest BCUT2D eigenvalue weighted by atomic mass is 16.2. The number of nitrogens with one attached hydrogen (secondary N) is 2. The maximum absolute atomic E-state index is 11.8. The van der Waals surface area contributed by atoms with Crippen LogP contribution in [0.5, 0.6) is 0 Å². The lowest BCUT2D eigenvalue weighted by atomic mass is 9.87. The van der Waals surface area contributed by atoms with Crippen molar-refractivity contribution < 1.29 is 9.59 Å². The first-order valence-corrected chi connectivity index (χ1v) is 6.59. The molecule has 0 aromatic carbocycles. The van der Waals surface area contributed by atoms with Gasteiger partial charge in [-0.15, -0.1) is 0 Å². The Balaban J connectivity index is 2.95. The van der Waals surface area contributed by atoms with Crippen LogP contribution >= 0.6 is 0 Å². The average molecular weight is 263 g/mol. The molecule has 104 valence electrons. The van der Waals surface area contributed by atoms with E-state index in [1.807, 2.05) is 26.0 Å². The van der Waals surface area contributed by atoms with E-state index < -0.39 is 11.8 Å². The second-order valence-corrected chi connectivity index (χ2v) is 4.51. The van der Waals surface area contributed by atoms with Crippen molar-refractivity contribution in [3.05, 3.63) is 23.4 Å². The molecule has 5 nitrogen and oxygen atoms in total. The molecule has 1 heterocycles. The largest absolute Gasteiger partial charge is 0.398 e. The van der Waals surface area contributed by atoms with Crippen molar-refractivity contribution in [3.8, 4) is 0 Å². The number of carbonyl (C=O) groups is 2. The minimum Gasteiger partial charge on any atom is -0.398 e. The van der Waals surface area contributed by atoms with Gasteiger partial charge in [-0.1, -0.05) is 26.0 Å². The van der Waals surface area contributed by atoms with E-state index in [1.54, 1.807) is 0 Å². The van der Waals surface area contributed by atoms with Gasteiger partial charge in [-0.3, -0.25) is 14.9 Å². The molecule has 1 saturated heterocycles. The van der Waals surface area contributed by atoms with E-state index in [4.69, 9.17) is 11.1 Å². The van der Waals surface area contributed by atoms with E-state index in [2.05, 4.69) is 5.32 Å². The molecule has 1 aliphatic heterocycles. The van der Waals surface area contributed by atoms with Crippen LogP contribution in [0.3, 0.4) is 0 Å². The van der Waals surface area contributed by atoms with Crippen LogP contribution < -0.4 is 11.1 Å². The lowest BCUT2D eigenvalue weighted by Crippen LogP contribution is -2.44. The van der Waals surface area contributed by atoms with Gasteiger partial charge in [0.1, 0.15) is 0 Å². The lowest BCUT2D eigenvalue weighted by molar-refractivity contribution is -0.134. The number of allylic oxidation sites excluding steroid dienone is 3. The van der Waals surface area contributed by atoms with E-state index in [-0.39, 0.29) is 18.0 Å². The van der Waals surface area contributed by atoms with Crippen molar-refractivity contribution in [1.82, 2.24) is 5.32 Å². The molecule has 4 N–H and O–H groups in total. The summed E-state index contributed by atoms with van der Waals surface area (Å²) in [7, 11) is 0. The first kappa shape index (κ1) is 15.1. The third kappa shape index (κ3) is 3.77. The lowest BCUT2D eigenvalue weighted by Gasteiger charge is -2.23. The maximum atomic E-state index is 11.8. The van der Waals surface area contributed by atoms with Gasteiger partial charge in [0.05, 0.1) is 11.6 Å². The number of imide groups is 1. The third-order valence-corrected chi connectivity index (χ3v) is 3.02. The van der Waals surface area contributed by atoms with E-state index in [1.165, 1.54) is 0 Å². The molecule has 0 aromatic heterocycles. The number of carbonyl (C=O) groups excluding carboxylic acids is 2. The van der Waals surface area contributed by atoms with Crippen LogP contribution in [0.1, 0.15) is 39.5 Å². The monoisotopic (exact) mass is 263 g/mol. The Bertz CT molecular complexity index is 450. The van der Waals surface area contributed by atoms with Crippen molar-refractivity contribution in [1.29, 1.82) is 5.41 Å². The molecule has 1 fully saturated rings. The van der Waals surface area contributed by atoms with Gasteiger partial charge in [0, 0.05) is 17.7 Å². The highest BCUT2D eigenvalue weighted by molar-refractivity contribution is 6.17. The van der Waals surface area contributed by atoms with Crippen LogP contribution in [-0.2, 0) is 9.59 Å². The molecular formula is C14H21N3O2. The fourth-order valence-corrected chi connectivity index (χ4v) is 2.07. The molecule has 1 unspecified atom stereocenters. The SMILES string of the molecule is CC/C=C(N)\C(=C/CC)C(=N)C1CCC(=O)NC1=O. The van der Waals surface area contributed by atoms with Crippen LogP contribution in [0.25, 0.3) is 0 Å². The zero-order valence-electron chi connectivity index (χ0n) is 11.5.